The minimum absolute atomic E-state index is 0.0854. The number of rotatable bonds is 4. The second-order valence-corrected chi connectivity index (χ2v) is 6.29. The number of halogens is 3. The van der Waals surface area contributed by atoms with Gasteiger partial charge < -0.3 is 10.6 Å². The second kappa shape index (κ2) is 7.38. The van der Waals surface area contributed by atoms with Crippen LogP contribution in [-0.2, 0) is 4.79 Å². The Hall–Kier alpha value is -0.650. The number of carbonyl (C=O) groups is 1. The molecule has 1 aromatic rings. The summed E-state index contributed by atoms with van der Waals surface area (Å²) in [5.41, 5.74) is 0.434. The van der Waals surface area contributed by atoms with Gasteiger partial charge in [0.25, 0.3) is 0 Å². The van der Waals surface area contributed by atoms with Gasteiger partial charge in [0.15, 0.2) is 0 Å². The fourth-order valence-corrected chi connectivity index (χ4v) is 3.27. The highest BCUT2D eigenvalue weighted by molar-refractivity contribution is 9.10. The minimum Gasteiger partial charge on any atom is -0.324 e. The van der Waals surface area contributed by atoms with Crippen molar-refractivity contribution in [2.45, 2.75) is 25.7 Å². The van der Waals surface area contributed by atoms with E-state index in [0.29, 0.717) is 22.5 Å². The van der Waals surface area contributed by atoms with Gasteiger partial charge in [-0.3, -0.25) is 4.79 Å². The van der Waals surface area contributed by atoms with Crippen molar-refractivity contribution in [2.75, 3.05) is 18.4 Å². The third kappa shape index (κ3) is 4.43. The zero-order chi connectivity index (χ0) is 14.5. The Kier molecular flexibility index (Phi) is 5.81. The number of carbonyl (C=O) groups excluding carboxylic acids is 1. The van der Waals surface area contributed by atoms with Crippen LogP contribution in [0.5, 0.6) is 0 Å². The van der Waals surface area contributed by atoms with E-state index in [1.807, 2.05) is 0 Å². The molecule has 3 nitrogen and oxygen atoms in total. The summed E-state index contributed by atoms with van der Waals surface area (Å²) in [5.74, 6) is 0.0847. The predicted octanol–water partition coefficient (Wildman–Crippen LogP) is 3.96. The van der Waals surface area contributed by atoms with E-state index in [-0.39, 0.29) is 10.9 Å². The SMILES string of the molecule is O=C(CCC1CCNCC1)Nc1c(Cl)cc(F)cc1Br. The van der Waals surface area contributed by atoms with E-state index in [0.717, 1.165) is 32.4 Å². The Morgan fingerprint density at radius 3 is 2.80 bits per heavy atom. The maximum atomic E-state index is 13.1. The molecular formula is C14H17BrClFN2O. The van der Waals surface area contributed by atoms with Crippen molar-refractivity contribution in [1.29, 1.82) is 0 Å². The van der Waals surface area contributed by atoms with Crippen molar-refractivity contribution < 1.29 is 9.18 Å². The van der Waals surface area contributed by atoms with Crippen LogP contribution >= 0.6 is 27.5 Å². The molecule has 0 radical (unpaired) electrons. The molecule has 6 heteroatoms. The molecule has 0 aliphatic carbocycles. The van der Waals surface area contributed by atoms with Gasteiger partial charge in [0.1, 0.15) is 5.82 Å². The summed E-state index contributed by atoms with van der Waals surface area (Å²) >= 11 is 9.14. The highest BCUT2D eigenvalue weighted by Gasteiger charge is 2.16. The lowest BCUT2D eigenvalue weighted by molar-refractivity contribution is -0.116. The molecular weight excluding hydrogens is 347 g/mol. The van der Waals surface area contributed by atoms with Crippen LogP contribution in [0.3, 0.4) is 0 Å². The lowest BCUT2D eigenvalue weighted by Crippen LogP contribution is -2.28. The molecule has 0 saturated carbocycles. The lowest BCUT2D eigenvalue weighted by Gasteiger charge is -2.22. The van der Waals surface area contributed by atoms with Crippen molar-refractivity contribution in [3.63, 3.8) is 0 Å². The molecule has 110 valence electrons. The summed E-state index contributed by atoms with van der Waals surface area (Å²) in [5, 5.41) is 6.25. The monoisotopic (exact) mass is 362 g/mol. The molecule has 0 unspecified atom stereocenters. The maximum Gasteiger partial charge on any atom is 0.224 e. The van der Waals surface area contributed by atoms with Crippen LogP contribution in [0, 0.1) is 11.7 Å². The summed E-state index contributed by atoms with van der Waals surface area (Å²) < 4.78 is 13.6. The van der Waals surface area contributed by atoms with Crippen LogP contribution in [0.15, 0.2) is 16.6 Å². The first-order chi connectivity index (χ1) is 9.56. The van der Waals surface area contributed by atoms with E-state index in [9.17, 15) is 9.18 Å². The molecule has 1 aliphatic heterocycles. The van der Waals surface area contributed by atoms with Gasteiger partial charge in [0, 0.05) is 10.9 Å². The van der Waals surface area contributed by atoms with Gasteiger partial charge in [-0.25, -0.2) is 4.39 Å². The number of benzene rings is 1. The van der Waals surface area contributed by atoms with Gasteiger partial charge in [0.2, 0.25) is 5.91 Å². The zero-order valence-electron chi connectivity index (χ0n) is 11.0. The Morgan fingerprint density at radius 2 is 2.15 bits per heavy atom. The average molecular weight is 364 g/mol. The maximum absolute atomic E-state index is 13.1. The number of hydrogen-bond acceptors (Lipinski definition) is 2. The Labute approximate surface area is 131 Å². The van der Waals surface area contributed by atoms with Gasteiger partial charge in [-0.05, 0) is 66.3 Å². The first-order valence-corrected chi connectivity index (χ1v) is 7.88. The molecule has 2 rings (SSSR count). The third-order valence-corrected chi connectivity index (χ3v) is 4.43. The number of hydrogen-bond donors (Lipinski definition) is 2. The summed E-state index contributed by atoms with van der Waals surface area (Å²) in [4.78, 5) is 11.9. The van der Waals surface area contributed by atoms with E-state index in [4.69, 9.17) is 11.6 Å². The molecule has 1 aliphatic rings. The Bertz CT molecular complexity index is 469. The van der Waals surface area contributed by atoms with Crippen LogP contribution < -0.4 is 10.6 Å². The molecule has 1 heterocycles. The van der Waals surface area contributed by atoms with Gasteiger partial charge >= 0.3 is 0 Å². The molecule has 1 aromatic carbocycles. The van der Waals surface area contributed by atoms with Crippen LogP contribution in [-0.4, -0.2) is 19.0 Å². The van der Waals surface area contributed by atoms with E-state index in [1.54, 1.807) is 0 Å². The first kappa shape index (κ1) is 15.7. The van der Waals surface area contributed by atoms with Crippen molar-refractivity contribution in [3.05, 3.63) is 27.4 Å². The minimum atomic E-state index is -0.436. The Morgan fingerprint density at radius 1 is 1.45 bits per heavy atom. The number of amides is 1. The van der Waals surface area contributed by atoms with E-state index in [2.05, 4.69) is 26.6 Å². The quantitative estimate of drug-likeness (QED) is 0.850. The lowest BCUT2D eigenvalue weighted by atomic mass is 9.93. The van der Waals surface area contributed by atoms with Crippen molar-refractivity contribution in [3.8, 4) is 0 Å². The van der Waals surface area contributed by atoms with Gasteiger partial charge in [-0.2, -0.15) is 0 Å². The van der Waals surface area contributed by atoms with Crippen molar-refractivity contribution in [2.24, 2.45) is 5.92 Å². The smallest absolute Gasteiger partial charge is 0.224 e. The van der Waals surface area contributed by atoms with E-state index in [1.165, 1.54) is 12.1 Å². The van der Waals surface area contributed by atoms with Crippen LogP contribution in [0.25, 0.3) is 0 Å². The molecule has 1 fully saturated rings. The predicted molar refractivity (Wildman–Crippen MR) is 82.6 cm³/mol. The fraction of sp³-hybridized carbons (Fsp3) is 0.500. The second-order valence-electron chi connectivity index (χ2n) is 5.02. The van der Waals surface area contributed by atoms with Gasteiger partial charge in [-0.1, -0.05) is 11.6 Å². The van der Waals surface area contributed by atoms with Crippen LogP contribution in [0.1, 0.15) is 25.7 Å². The normalized spacial score (nSPS) is 16.1. The van der Waals surface area contributed by atoms with Crippen molar-refractivity contribution >= 4 is 39.1 Å². The van der Waals surface area contributed by atoms with E-state index < -0.39 is 5.82 Å². The highest BCUT2D eigenvalue weighted by Crippen LogP contribution is 2.32. The number of nitrogens with one attached hydrogen (secondary N) is 2. The zero-order valence-corrected chi connectivity index (χ0v) is 13.4. The Balaban J connectivity index is 1.88. The number of anilines is 1. The van der Waals surface area contributed by atoms with Crippen LogP contribution in [0.2, 0.25) is 5.02 Å². The molecule has 0 aromatic heterocycles. The third-order valence-electron chi connectivity index (χ3n) is 3.51. The average Bonchev–Trinajstić information content (AvgIpc) is 2.42. The van der Waals surface area contributed by atoms with Gasteiger partial charge in [-0.15, -0.1) is 0 Å². The highest BCUT2D eigenvalue weighted by atomic mass is 79.9. The molecule has 20 heavy (non-hydrogen) atoms. The first-order valence-electron chi connectivity index (χ1n) is 6.71. The summed E-state index contributed by atoms with van der Waals surface area (Å²) in [6, 6.07) is 2.48. The molecule has 1 amide bonds. The summed E-state index contributed by atoms with van der Waals surface area (Å²) in [7, 11) is 0. The van der Waals surface area contributed by atoms with Gasteiger partial charge in [0.05, 0.1) is 10.7 Å². The standard InChI is InChI=1S/C14H17BrClFN2O/c15-11-7-10(17)8-12(16)14(11)19-13(20)2-1-9-3-5-18-6-4-9/h7-9,18H,1-6H2,(H,19,20). The molecule has 1 saturated heterocycles. The fourth-order valence-electron chi connectivity index (χ4n) is 2.37. The molecule has 0 bridgehead atoms. The van der Waals surface area contributed by atoms with Crippen molar-refractivity contribution in [1.82, 2.24) is 5.32 Å². The summed E-state index contributed by atoms with van der Waals surface area (Å²) in [6.07, 6.45) is 3.58. The molecule has 0 atom stereocenters. The number of piperidine rings is 1. The van der Waals surface area contributed by atoms with E-state index >= 15 is 0 Å². The molecule has 0 spiro atoms. The largest absolute Gasteiger partial charge is 0.324 e. The van der Waals surface area contributed by atoms with Crippen LogP contribution in [0.4, 0.5) is 10.1 Å². The summed E-state index contributed by atoms with van der Waals surface area (Å²) in [6.45, 7) is 2.06. The molecule has 2 N–H and O–H groups in total. The topological polar surface area (TPSA) is 41.1 Å².